The molecule has 0 saturated carbocycles. The monoisotopic (exact) mass is 414 g/mol. The normalized spacial score (nSPS) is 11.5. The molecule has 0 aliphatic rings. The van der Waals surface area contributed by atoms with Gasteiger partial charge in [0, 0.05) is 32.2 Å². The number of aromatic amines is 1. The molecule has 0 aliphatic heterocycles. The highest BCUT2D eigenvalue weighted by Crippen LogP contribution is 2.16. The van der Waals surface area contributed by atoms with Gasteiger partial charge in [-0.15, -0.1) is 0 Å². The number of guanidine groups is 1. The third kappa shape index (κ3) is 5.16. The number of rotatable bonds is 7. The van der Waals surface area contributed by atoms with Crippen LogP contribution in [0.1, 0.15) is 18.3 Å². The number of imidazole rings is 1. The molecule has 3 heterocycles. The molecule has 1 aromatic carbocycles. The zero-order chi connectivity index (χ0) is 21.5. The van der Waals surface area contributed by atoms with E-state index in [2.05, 4.69) is 49.3 Å². The second-order valence-corrected chi connectivity index (χ2v) is 7.11. The minimum atomic E-state index is 0.539. The lowest BCUT2D eigenvalue weighted by atomic mass is 10.2. The van der Waals surface area contributed by atoms with Crippen molar-refractivity contribution in [2.45, 2.75) is 20.0 Å². The van der Waals surface area contributed by atoms with Crippen LogP contribution < -0.4 is 5.32 Å². The third-order valence-electron chi connectivity index (χ3n) is 4.76. The number of nitrogens with one attached hydrogen (secondary N) is 2. The van der Waals surface area contributed by atoms with E-state index in [4.69, 9.17) is 4.99 Å². The van der Waals surface area contributed by atoms with Gasteiger partial charge in [-0.1, -0.05) is 30.3 Å². The molecule has 0 saturated heterocycles. The molecule has 0 aliphatic carbocycles. The van der Waals surface area contributed by atoms with Crippen molar-refractivity contribution in [2.24, 2.45) is 4.99 Å². The fraction of sp³-hybridized carbons (Fsp3) is 0.217. The summed E-state index contributed by atoms with van der Waals surface area (Å²) in [6.07, 6.45) is 7.27. The predicted molar refractivity (Wildman–Crippen MR) is 122 cm³/mol. The second kappa shape index (κ2) is 9.71. The molecule has 2 N–H and O–H groups in total. The summed E-state index contributed by atoms with van der Waals surface area (Å²) in [6.45, 7) is 4.00. The third-order valence-corrected chi connectivity index (χ3v) is 4.76. The lowest BCUT2D eigenvalue weighted by Gasteiger charge is -2.21. The lowest BCUT2D eigenvalue weighted by Crippen LogP contribution is -2.38. The number of hydrogen-bond acceptors (Lipinski definition) is 4. The Balaban J connectivity index is 1.45. The van der Waals surface area contributed by atoms with Crippen LogP contribution >= 0.6 is 0 Å². The molecule has 31 heavy (non-hydrogen) atoms. The van der Waals surface area contributed by atoms with E-state index in [9.17, 15) is 0 Å². The zero-order valence-corrected chi connectivity index (χ0v) is 17.7. The molecule has 8 nitrogen and oxygen atoms in total. The van der Waals surface area contributed by atoms with E-state index in [0.717, 1.165) is 41.0 Å². The first-order valence-corrected chi connectivity index (χ1v) is 10.3. The Morgan fingerprint density at radius 1 is 1.13 bits per heavy atom. The Kier molecular flexibility index (Phi) is 6.37. The summed E-state index contributed by atoms with van der Waals surface area (Å²) >= 11 is 0. The number of hydrogen-bond donors (Lipinski definition) is 2. The zero-order valence-electron chi connectivity index (χ0n) is 17.7. The van der Waals surface area contributed by atoms with Gasteiger partial charge < -0.3 is 15.2 Å². The molecule has 0 atom stereocenters. The summed E-state index contributed by atoms with van der Waals surface area (Å²) in [5.74, 6) is 2.48. The second-order valence-electron chi connectivity index (χ2n) is 7.11. The molecule has 0 fully saturated rings. The minimum absolute atomic E-state index is 0.539. The molecule has 3 aromatic heterocycles. The first-order valence-electron chi connectivity index (χ1n) is 10.3. The van der Waals surface area contributed by atoms with Crippen molar-refractivity contribution in [3.05, 3.63) is 84.7 Å². The van der Waals surface area contributed by atoms with Crippen LogP contribution in [0.5, 0.6) is 0 Å². The van der Waals surface area contributed by atoms with E-state index in [0.29, 0.717) is 13.1 Å². The molecule has 0 unspecified atom stereocenters. The maximum Gasteiger partial charge on any atom is 0.194 e. The van der Waals surface area contributed by atoms with E-state index in [1.807, 2.05) is 55.8 Å². The molecule has 8 heteroatoms. The van der Waals surface area contributed by atoms with E-state index < -0.39 is 0 Å². The summed E-state index contributed by atoms with van der Waals surface area (Å²) in [5, 5.41) is 7.59. The van der Waals surface area contributed by atoms with Crippen molar-refractivity contribution in [1.82, 2.24) is 34.9 Å². The maximum absolute atomic E-state index is 4.80. The molecule has 0 spiro atoms. The highest BCUT2D eigenvalue weighted by molar-refractivity contribution is 5.79. The van der Waals surface area contributed by atoms with E-state index >= 15 is 0 Å². The summed E-state index contributed by atoms with van der Waals surface area (Å²) in [7, 11) is 2.01. The molecule has 0 radical (unpaired) electrons. The minimum Gasteiger partial charge on any atom is -0.357 e. The van der Waals surface area contributed by atoms with Crippen LogP contribution in [-0.4, -0.2) is 49.2 Å². The van der Waals surface area contributed by atoms with Gasteiger partial charge in [0.15, 0.2) is 11.8 Å². The standard InChI is InChI=1S/C23H26N8/c1-3-24-23(27-15-18-10-12-25-22(14-18)31-13-7-11-28-31)30(2)17-21-26-16-20(29-21)19-8-5-4-6-9-19/h4-14,16H,3,15,17H2,1-2H3,(H,24,27)(H,26,29). The van der Waals surface area contributed by atoms with Crippen LogP contribution in [0.3, 0.4) is 0 Å². The summed E-state index contributed by atoms with van der Waals surface area (Å²) in [6, 6.07) is 16.0. The SMILES string of the molecule is CCNC(=NCc1ccnc(-n2cccn2)c1)N(C)Cc1ncc(-c2ccccc2)[nH]1. The molecular weight excluding hydrogens is 388 g/mol. The number of benzene rings is 1. The fourth-order valence-electron chi connectivity index (χ4n) is 3.23. The van der Waals surface area contributed by atoms with Crippen LogP contribution in [0.4, 0.5) is 0 Å². The Bertz CT molecular complexity index is 1120. The Morgan fingerprint density at radius 3 is 2.77 bits per heavy atom. The van der Waals surface area contributed by atoms with Crippen LogP contribution in [-0.2, 0) is 13.1 Å². The Morgan fingerprint density at radius 2 is 2.00 bits per heavy atom. The number of H-pyrrole nitrogens is 1. The number of nitrogens with zero attached hydrogens (tertiary/aromatic N) is 6. The number of pyridine rings is 1. The predicted octanol–water partition coefficient (Wildman–Crippen LogP) is 3.25. The van der Waals surface area contributed by atoms with Crippen molar-refractivity contribution in [1.29, 1.82) is 0 Å². The van der Waals surface area contributed by atoms with Crippen LogP contribution in [0.2, 0.25) is 0 Å². The first kappa shape index (κ1) is 20.3. The van der Waals surface area contributed by atoms with E-state index in [1.165, 1.54) is 0 Å². The van der Waals surface area contributed by atoms with Crippen molar-refractivity contribution in [3.8, 4) is 17.1 Å². The van der Waals surface area contributed by atoms with Gasteiger partial charge in [0.2, 0.25) is 0 Å². The van der Waals surface area contributed by atoms with Gasteiger partial charge in [-0.05, 0) is 36.2 Å². The topological polar surface area (TPSA) is 87.0 Å². The summed E-state index contributed by atoms with van der Waals surface area (Å²) in [5.41, 5.74) is 3.19. The highest BCUT2D eigenvalue weighted by Gasteiger charge is 2.10. The van der Waals surface area contributed by atoms with Crippen molar-refractivity contribution in [2.75, 3.05) is 13.6 Å². The van der Waals surface area contributed by atoms with Gasteiger partial charge >= 0.3 is 0 Å². The van der Waals surface area contributed by atoms with E-state index in [1.54, 1.807) is 17.1 Å². The Hall–Kier alpha value is -3.94. The van der Waals surface area contributed by atoms with Crippen molar-refractivity contribution in [3.63, 3.8) is 0 Å². The van der Waals surface area contributed by atoms with Gasteiger partial charge in [0.05, 0.1) is 25.0 Å². The van der Waals surface area contributed by atoms with Crippen LogP contribution in [0.25, 0.3) is 17.1 Å². The van der Waals surface area contributed by atoms with Gasteiger partial charge in [0.1, 0.15) is 5.82 Å². The average Bonchev–Trinajstić information content (AvgIpc) is 3.50. The van der Waals surface area contributed by atoms with Crippen LogP contribution in [0, 0.1) is 0 Å². The van der Waals surface area contributed by atoms with Gasteiger partial charge in [-0.2, -0.15) is 5.10 Å². The molecule has 0 amide bonds. The summed E-state index contributed by atoms with van der Waals surface area (Å²) in [4.78, 5) is 19.2. The largest absolute Gasteiger partial charge is 0.357 e. The van der Waals surface area contributed by atoms with E-state index in [-0.39, 0.29) is 0 Å². The fourth-order valence-corrected chi connectivity index (χ4v) is 3.23. The highest BCUT2D eigenvalue weighted by atomic mass is 15.3. The Labute approximate surface area is 181 Å². The average molecular weight is 415 g/mol. The maximum atomic E-state index is 4.80. The lowest BCUT2D eigenvalue weighted by molar-refractivity contribution is 0.464. The van der Waals surface area contributed by atoms with Gasteiger partial charge in [0.25, 0.3) is 0 Å². The van der Waals surface area contributed by atoms with Gasteiger partial charge in [-0.3, -0.25) is 0 Å². The molecule has 158 valence electrons. The van der Waals surface area contributed by atoms with Crippen molar-refractivity contribution < 1.29 is 0 Å². The van der Waals surface area contributed by atoms with Crippen LogP contribution in [0.15, 0.2) is 78.3 Å². The summed E-state index contributed by atoms with van der Waals surface area (Å²) < 4.78 is 1.74. The smallest absolute Gasteiger partial charge is 0.194 e. The van der Waals surface area contributed by atoms with Crippen molar-refractivity contribution >= 4 is 5.96 Å². The molecule has 4 aromatic rings. The quantitative estimate of drug-likeness (QED) is 0.358. The first-order chi connectivity index (χ1) is 15.2. The number of aromatic nitrogens is 5. The molecular formula is C23H26N8. The molecule has 4 rings (SSSR count). The van der Waals surface area contributed by atoms with Gasteiger partial charge in [-0.25, -0.2) is 19.6 Å². The number of aliphatic imine (C=N–C) groups is 1. The molecule has 0 bridgehead atoms.